The maximum atomic E-state index is 12.1. The van der Waals surface area contributed by atoms with Gasteiger partial charge in [0.2, 0.25) is 0 Å². The van der Waals surface area contributed by atoms with Crippen LogP contribution in [0.15, 0.2) is 24.3 Å². The first-order valence-corrected chi connectivity index (χ1v) is 6.54. The predicted octanol–water partition coefficient (Wildman–Crippen LogP) is 3.39. The van der Waals surface area contributed by atoms with E-state index in [1.807, 2.05) is 31.2 Å². The molecule has 0 radical (unpaired) electrons. The summed E-state index contributed by atoms with van der Waals surface area (Å²) in [5, 5.41) is 4.13. The number of rotatable bonds is 4. The van der Waals surface area contributed by atoms with Gasteiger partial charge in [-0.1, -0.05) is 32.0 Å². The third-order valence-corrected chi connectivity index (χ3v) is 3.43. The van der Waals surface area contributed by atoms with Crippen LogP contribution in [-0.2, 0) is 0 Å². The monoisotopic (exact) mass is 244 g/mol. The largest absolute Gasteiger partial charge is 0.350 e. The van der Waals surface area contributed by atoms with Gasteiger partial charge in [0.1, 0.15) is 5.69 Å². The lowest BCUT2D eigenvalue weighted by molar-refractivity contribution is 0.0930. The summed E-state index contributed by atoms with van der Waals surface area (Å²) in [4.78, 5) is 15.3. The Hall–Kier alpha value is -1.77. The molecule has 0 saturated carbocycles. The SMILES string of the molecule is CCC(CC)NC(=O)c1cc2cccc(C)c2[nH]1. The van der Waals surface area contributed by atoms with Crippen LogP contribution in [0.1, 0.15) is 42.7 Å². The Morgan fingerprint density at radius 3 is 2.67 bits per heavy atom. The van der Waals surface area contributed by atoms with E-state index in [1.54, 1.807) is 0 Å². The van der Waals surface area contributed by atoms with E-state index in [1.165, 1.54) is 0 Å². The van der Waals surface area contributed by atoms with Crippen molar-refractivity contribution in [3.63, 3.8) is 0 Å². The van der Waals surface area contributed by atoms with E-state index >= 15 is 0 Å². The molecule has 3 nitrogen and oxygen atoms in total. The van der Waals surface area contributed by atoms with E-state index in [0.717, 1.165) is 29.3 Å². The highest BCUT2D eigenvalue weighted by Gasteiger charge is 2.13. The summed E-state index contributed by atoms with van der Waals surface area (Å²) in [6, 6.07) is 8.24. The quantitative estimate of drug-likeness (QED) is 0.850. The molecule has 1 aromatic carbocycles. The van der Waals surface area contributed by atoms with Crippen molar-refractivity contribution in [1.82, 2.24) is 10.3 Å². The van der Waals surface area contributed by atoms with Crippen LogP contribution in [0.3, 0.4) is 0 Å². The third-order valence-electron chi connectivity index (χ3n) is 3.43. The van der Waals surface area contributed by atoms with Gasteiger partial charge in [0.15, 0.2) is 0 Å². The maximum Gasteiger partial charge on any atom is 0.267 e. The summed E-state index contributed by atoms with van der Waals surface area (Å²) in [6.07, 6.45) is 1.92. The highest BCUT2D eigenvalue weighted by molar-refractivity contribution is 5.98. The first-order valence-electron chi connectivity index (χ1n) is 6.54. The Balaban J connectivity index is 2.26. The number of H-pyrrole nitrogens is 1. The molecule has 0 unspecified atom stereocenters. The summed E-state index contributed by atoms with van der Waals surface area (Å²) in [6.45, 7) is 6.22. The number of benzene rings is 1. The molecular formula is C15H20N2O. The first-order chi connectivity index (χ1) is 8.65. The number of amides is 1. The smallest absolute Gasteiger partial charge is 0.267 e. The number of hydrogen-bond donors (Lipinski definition) is 2. The summed E-state index contributed by atoms with van der Waals surface area (Å²) < 4.78 is 0. The molecule has 96 valence electrons. The predicted molar refractivity (Wildman–Crippen MR) is 74.9 cm³/mol. The molecule has 0 fully saturated rings. The molecule has 1 aromatic heterocycles. The van der Waals surface area contributed by atoms with Crippen LogP contribution < -0.4 is 5.32 Å². The van der Waals surface area contributed by atoms with Crippen LogP contribution in [0.5, 0.6) is 0 Å². The standard InChI is InChI=1S/C15H20N2O/c1-4-12(5-2)16-15(18)13-9-11-8-6-7-10(3)14(11)17-13/h6-9,12,17H,4-5H2,1-3H3,(H,16,18). The first kappa shape index (κ1) is 12.7. The summed E-state index contributed by atoms with van der Waals surface area (Å²) in [7, 11) is 0. The van der Waals surface area contributed by atoms with Gasteiger partial charge in [-0.3, -0.25) is 4.79 Å². The molecule has 0 bridgehead atoms. The van der Waals surface area contributed by atoms with Gasteiger partial charge in [-0.15, -0.1) is 0 Å². The number of carbonyl (C=O) groups is 1. The number of para-hydroxylation sites is 1. The lowest BCUT2D eigenvalue weighted by Gasteiger charge is -2.13. The minimum absolute atomic E-state index is 0.0145. The van der Waals surface area contributed by atoms with Gasteiger partial charge in [-0.25, -0.2) is 0 Å². The van der Waals surface area contributed by atoms with Crippen molar-refractivity contribution in [2.75, 3.05) is 0 Å². The summed E-state index contributed by atoms with van der Waals surface area (Å²) >= 11 is 0. The second-order valence-electron chi connectivity index (χ2n) is 4.71. The molecular weight excluding hydrogens is 224 g/mol. The Labute approximate surface area is 108 Å². The minimum atomic E-state index is -0.0145. The highest BCUT2D eigenvalue weighted by atomic mass is 16.1. The van der Waals surface area contributed by atoms with E-state index < -0.39 is 0 Å². The van der Waals surface area contributed by atoms with Crippen molar-refractivity contribution in [3.05, 3.63) is 35.5 Å². The molecule has 18 heavy (non-hydrogen) atoms. The zero-order valence-corrected chi connectivity index (χ0v) is 11.2. The van der Waals surface area contributed by atoms with E-state index in [-0.39, 0.29) is 11.9 Å². The maximum absolute atomic E-state index is 12.1. The van der Waals surface area contributed by atoms with Crippen molar-refractivity contribution in [3.8, 4) is 0 Å². The number of hydrogen-bond acceptors (Lipinski definition) is 1. The van der Waals surface area contributed by atoms with Crippen LogP contribution in [-0.4, -0.2) is 16.9 Å². The zero-order chi connectivity index (χ0) is 13.1. The van der Waals surface area contributed by atoms with E-state index in [4.69, 9.17) is 0 Å². The average Bonchev–Trinajstić information content (AvgIpc) is 2.81. The Kier molecular flexibility index (Phi) is 3.70. The van der Waals surface area contributed by atoms with Crippen LogP contribution in [0, 0.1) is 6.92 Å². The molecule has 2 N–H and O–H groups in total. The topological polar surface area (TPSA) is 44.9 Å². The molecule has 0 atom stereocenters. The molecule has 0 saturated heterocycles. The average molecular weight is 244 g/mol. The Morgan fingerprint density at radius 2 is 2.06 bits per heavy atom. The highest BCUT2D eigenvalue weighted by Crippen LogP contribution is 2.18. The zero-order valence-electron chi connectivity index (χ0n) is 11.2. The number of carbonyl (C=O) groups excluding carboxylic acids is 1. The minimum Gasteiger partial charge on any atom is -0.350 e. The van der Waals surface area contributed by atoms with E-state index in [9.17, 15) is 4.79 Å². The number of nitrogens with one attached hydrogen (secondary N) is 2. The number of aromatic nitrogens is 1. The van der Waals surface area contributed by atoms with Crippen LogP contribution in [0.25, 0.3) is 10.9 Å². The van der Waals surface area contributed by atoms with Crippen molar-refractivity contribution < 1.29 is 4.79 Å². The fourth-order valence-corrected chi connectivity index (χ4v) is 2.19. The molecule has 0 aliphatic rings. The fraction of sp³-hybridized carbons (Fsp3) is 0.400. The van der Waals surface area contributed by atoms with Gasteiger partial charge in [0.05, 0.1) is 0 Å². The van der Waals surface area contributed by atoms with Crippen molar-refractivity contribution in [1.29, 1.82) is 0 Å². The van der Waals surface area contributed by atoms with Gasteiger partial charge >= 0.3 is 0 Å². The normalized spacial score (nSPS) is 11.1. The van der Waals surface area contributed by atoms with Gasteiger partial charge in [-0.05, 0) is 31.4 Å². The van der Waals surface area contributed by atoms with Crippen LogP contribution in [0.2, 0.25) is 0 Å². The van der Waals surface area contributed by atoms with E-state index in [0.29, 0.717) is 5.69 Å². The Morgan fingerprint density at radius 1 is 1.33 bits per heavy atom. The Bertz CT molecular complexity index is 553. The number of aromatic amines is 1. The van der Waals surface area contributed by atoms with Gasteiger partial charge in [0.25, 0.3) is 5.91 Å². The van der Waals surface area contributed by atoms with Crippen molar-refractivity contribution in [2.24, 2.45) is 0 Å². The second kappa shape index (κ2) is 5.25. The second-order valence-corrected chi connectivity index (χ2v) is 4.71. The molecule has 1 heterocycles. The molecule has 2 rings (SSSR count). The molecule has 3 heteroatoms. The van der Waals surface area contributed by atoms with Gasteiger partial charge in [-0.2, -0.15) is 0 Å². The lowest BCUT2D eigenvalue weighted by atomic mass is 10.1. The molecule has 2 aromatic rings. The van der Waals surface area contributed by atoms with Crippen LogP contribution >= 0.6 is 0 Å². The lowest BCUT2D eigenvalue weighted by Crippen LogP contribution is -2.33. The fourth-order valence-electron chi connectivity index (χ4n) is 2.19. The molecule has 0 spiro atoms. The van der Waals surface area contributed by atoms with Crippen LogP contribution in [0.4, 0.5) is 0 Å². The third kappa shape index (κ3) is 2.40. The molecule has 0 aliphatic carbocycles. The number of aryl methyl sites for hydroxylation is 1. The molecule has 1 amide bonds. The number of fused-ring (bicyclic) bond motifs is 1. The summed E-state index contributed by atoms with van der Waals surface area (Å²) in [5.41, 5.74) is 2.85. The van der Waals surface area contributed by atoms with Crippen molar-refractivity contribution >= 4 is 16.8 Å². The van der Waals surface area contributed by atoms with Gasteiger partial charge in [0, 0.05) is 16.9 Å². The van der Waals surface area contributed by atoms with Gasteiger partial charge < -0.3 is 10.3 Å². The van der Waals surface area contributed by atoms with Crippen molar-refractivity contribution in [2.45, 2.75) is 39.7 Å². The summed E-state index contributed by atoms with van der Waals surface area (Å²) in [5.74, 6) is -0.0145. The van der Waals surface area contributed by atoms with E-state index in [2.05, 4.69) is 24.1 Å². The molecule has 0 aliphatic heterocycles.